The molecule has 1 amide bonds. The summed E-state index contributed by atoms with van der Waals surface area (Å²) in [7, 11) is 0. The van der Waals surface area contributed by atoms with Gasteiger partial charge in [0.1, 0.15) is 5.60 Å². The molecule has 2 rings (SSSR count). The van der Waals surface area contributed by atoms with Crippen molar-refractivity contribution in [2.45, 2.75) is 45.9 Å². The quantitative estimate of drug-likeness (QED) is 0.840. The predicted molar refractivity (Wildman–Crippen MR) is 82.0 cm³/mol. The normalized spacial score (nSPS) is 21.0. The van der Waals surface area contributed by atoms with Crippen LogP contribution in [0, 0.1) is 0 Å². The molecule has 2 heterocycles. The van der Waals surface area contributed by atoms with E-state index >= 15 is 0 Å². The summed E-state index contributed by atoms with van der Waals surface area (Å²) < 4.78 is 5.44. The Bertz CT molecular complexity index is 439. The van der Waals surface area contributed by atoms with E-state index in [9.17, 15) is 4.79 Å². The highest BCUT2D eigenvalue weighted by atomic mass is 32.1. The van der Waals surface area contributed by atoms with Crippen LogP contribution in [0.15, 0.2) is 17.5 Å². The van der Waals surface area contributed by atoms with Crippen LogP contribution in [0.2, 0.25) is 0 Å². The summed E-state index contributed by atoms with van der Waals surface area (Å²) in [6.45, 7) is 11.2. The lowest BCUT2D eigenvalue weighted by molar-refractivity contribution is 0.00475. The first-order valence-corrected chi connectivity index (χ1v) is 7.97. The van der Waals surface area contributed by atoms with Crippen molar-refractivity contribution in [3.63, 3.8) is 0 Å². The topological polar surface area (TPSA) is 32.8 Å². The molecule has 0 bridgehead atoms. The van der Waals surface area contributed by atoms with Crippen molar-refractivity contribution in [3.05, 3.63) is 22.4 Å². The summed E-state index contributed by atoms with van der Waals surface area (Å²) in [6, 6.07) is 4.61. The van der Waals surface area contributed by atoms with E-state index in [1.54, 1.807) is 11.3 Å². The van der Waals surface area contributed by atoms with E-state index in [1.165, 1.54) is 4.88 Å². The Kier molecular flexibility index (Phi) is 4.70. The van der Waals surface area contributed by atoms with Crippen molar-refractivity contribution in [2.75, 3.05) is 19.6 Å². The van der Waals surface area contributed by atoms with Gasteiger partial charge in [-0.2, -0.15) is 0 Å². The maximum absolute atomic E-state index is 12.1. The first-order valence-electron chi connectivity index (χ1n) is 7.09. The number of amides is 1. The van der Waals surface area contributed by atoms with Crippen LogP contribution in [-0.4, -0.2) is 47.2 Å². The Morgan fingerprint density at radius 3 is 2.75 bits per heavy atom. The first-order chi connectivity index (χ1) is 9.35. The Hall–Kier alpha value is -1.07. The molecule has 0 aromatic carbocycles. The Labute approximate surface area is 125 Å². The van der Waals surface area contributed by atoms with Gasteiger partial charge in [0, 0.05) is 37.1 Å². The minimum Gasteiger partial charge on any atom is -0.444 e. The highest BCUT2D eigenvalue weighted by Crippen LogP contribution is 2.18. The van der Waals surface area contributed by atoms with E-state index < -0.39 is 5.60 Å². The van der Waals surface area contributed by atoms with Crippen molar-refractivity contribution in [1.29, 1.82) is 0 Å². The fourth-order valence-electron chi connectivity index (χ4n) is 2.33. The zero-order valence-electron chi connectivity index (χ0n) is 12.8. The Balaban J connectivity index is 1.87. The molecule has 1 atom stereocenters. The summed E-state index contributed by atoms with van der Waals surface area (Å²) in [5, 5.41) is 2.11. The first kappa shape index (κ1) is 15.3. The molecule has 112 valence electrons. The molecule has 1 aromatic heterocycles. The molecule has 1 fully saturated rings. The van der Waals surface area contributed by atoms with Gasteiger partial charge in [-0.15, -0.1) is 11.3 Å². The van der Waals surface area contributed by atoms with Gasteiger partial charge in [0.05, 0.1) is 0 Å². The number of hydrogen-bond acceptors (Lipinski definition) is 4. The minimum absolute atomic E-state index is 0.194. The standard InChI is InChI=1S/C15H24N2O2S/c1-12-10-17(14(18)19-15(2,3)4)8-7-16(12)11-13-6-5-9-20-13/h5-6,9,12H,7-8,10-11H2,1-4H3/t12-/m1/s1. The maximum Gasteiger partial charge on any atom is 0.410 e. The molecular weight excluding hydrogens is 272 g/mol. The average Bonchev–Trinajstić information content (AvgIpc) is 2.82. The summed E-state index contributed by atoms with van der Waals surface area (Å²) in [5.74, 6) is 0. The highest BCUT2D eigenvalue weighted by molar-refractivity contribution is 7.09. The van der Waals surface area contributed by atoms with Gasteiger partial charge in [0.2, 0.25) is 0 Å². The van der Waals surface area contributed by atoms with Gasteiger partial charge in [-0.25, -0.2) is 4.79 Å². The fraction of sp³-hybridized carbons (Fsp3) is 0.667. The highest BCUT2D eigenvalue weighted by Gasteiger charge is 2.29. The molecule has 1 aromatic rings. The Morgan fingerprint density at radius 2 is 2.20 bits per heavy atom. The molecule has 0 N–H and O–H groups in total. The molecule has 5 heteroatoms. The van der Waals surface area contributed by atoms with Crippen LogP contribution in [0.5, 0.6) is 0 Å². The van der Waals surface area contributed by atoms with Crippen molar-refractivity contribution in [1.82, 2.24) is 9.80 Å². The second-order valence-corrected chi connectivity index (χ2v) is 7.36. The van der Waals surface area contributed by atoms with Crippen molar-refractivity contribution in [3.8, 4) is 0 Å². The lowest BCUT2D eigenvalue weighted by Crippen LogP contribution is -2.53. The SMILES string of the molecule is C[C@@H]1CN(C(=O)OC(C)(C)C)CCN1Cc1cccs1. The smallest absolute Gasteiger partial charge is 0.410 e. The van der Waals surface area contributed by atoms with Gasteiger partial charge in [-0.05, 0) is 39.1 Å². The van der Waals surface area contributed by atoms with Gasteiger partial charge < -0.3 is 9.64 Å². The molecule has 4 nitrogen and oxygen atoms in total. The number of nitrogens with zero attached hydrogens (tertiary/aromatic N) is 2. The van der Waals surface area contributed by atoms with E-state index in [-0.39, 0.29) is 6.09 Å². The second kappa shape index (κ2) is 6.14. The van der Waals surface area contributed by atoms with Crippen LogP contribution >= 0.6 is 11.3 Å². The van der Waals surface area contributed by atoms with Crippen LogP contribution < -0.4 is 0 Å². The van der Waals surface area contributed by atoms with Crippen LogP contribution in [0.1, 0.15) is 32.6 Å². The van der Waals surface area contributed by atoms with E-state index in [4.69, 9.17) is 4.74 Å². The molecule has 1 aliphatic heterocycles. The van der Waals surface area contributed by atoms with E-state index in [1.807, 2.05) is 25.7 Å². The number of ether oxygens (including phenoxy) is 1. The molecule has 1 saturated heterocycles. The summed E-state index contributed by atoms with van der Waals surface area (Å²) in [5.41, 5.74) is -0.422. The van der Waals surface area contributed by atoms with Crippen molar-refractivity contribution in [2.24, 2.45) is 0 Å². The van der Waals surface area contributed by atoms with Gasteiger partial charge in [0.15, 0.2) is 0 Å². The van der Waals surface area contributed by atoms with Crippen LogP contribution in [0.4, 0.5) is 4.79 Å². The predicted octanol–water partition coefficient (Wildman–Crippen LogP) is 3.19. The maximum atomic E-state index is 12.1. The number of carbonyl (C=O) groups excluding carboxylic acids is 1. The summed E-state index contributed by atoms with van der Waals surface area (Å²) >= 11 is 1.79. The number of thiophene rings is 1. The van der Waals surface area contributed by atoms with Crippen LogP contribution in [-0.2, 0) is 11.3 Å². The van der Waals surface area contributed by atoms with Crippen LogP contribution in [0.3, 0.4) is 0 Å². The molecule has 0 aliphatic carbocycles. The summed E-state index contributed by atoms with van der Waals surface area (Å²) in [4.78, 5) is 17.7. The lowest BCUT2D eigenvalue weighted by atomic mass is 10.2. The van der Waals surface area contributed by atoms with Crippen molar-refractivity contribution >= 4 is 17.4 Å². The minimum atomic E-state index is -0.422. The fourth-order valence-corrected chi connectivity index (χ4v) is 3.05. The summed E-state index contributed by atoms with van der Waals surface area (Å²) in [6.07, 6.45) is -0.194. The van der Waals surface area contributed by atoms with Gasteiger partial charge in [-0.1, -0.05) is 6.07 Å². The molecule has 0 unspecified atom stereocenters. The van der Waals surface area contributed by atoms with Gasteiger partial charge >= 0.3 is 6.09 Å². The molecule has 0 saturated carbocycles. The molecule has 0 spiro atoms. The Morgan fingerprint density at radius 1 is 1.45 bits per heavy atom. The van der Waals surface area contributed by atoms with E-state index in [2.05, 4.69) is 29.3 Å². The molecular formula is C15H24N2O2S. The third kappa shape index (κ3) is 4.21. The van der Waals surface area contributed by atoms with E-state index in [0.717, 1.165) is 26.2 Å². The molecule has 20 heavy (non-hydrogen) atoms. The zero-order valence-corrected chi connectivity index (χ0v) is 13.6. The molecule has 1 aliphatic rings. The average molecular weight is 296 g/mol. The number of piperazine rings is 1. The second-order valence-electron chi connectivity index (χ2n) is 6.33. The number of carbonyl (C=O) groups is 1. The molecule has 0 radical (unpaired) electrons. The van der Waals surface area contributed by atoms with Gasteiger partial charge in [-0.3, -0.25) is 4.90 Å². The number of rotatable bonds is 2. The van der Waals surface area contributed by atoms with E-state index in [0.29, 0.717) is 6.04 Å². The number of hydrogen-bond donors (Lipinski definition) is 0. The zero-order chi connectivity index (χ0) is 14.8. The van der Waals surface area contributed by atoms with Gasteiger partial charge in [0.25, 0.3) is 0 Å². The third-order valence-corrected chi connectivity index (χ3v) is 4.22. The largest absolute Gasteiger partial charge is 0.444 e. The van der Waals surface area contributed by atoms with Crippen molar-refractivity contribution < 1.29 is 9.53 Å². The monoisotopic (exact) mass is 296 g/mol. The third-order valence-electron chi connectivity index (χ3n) is 3.36. The van der Waals surface area contributed by atoms with Crippen LogP contribution in [0.25, 0.3) is 0 Å². The lowest BCUT2D eigenvalue weighted by Gasteiger charge is -2.40.